The third-order valence-electron chi connectivity index (χ3n) is 3.52. The molecule has 0 saturated heterocycles. The van der Waals surface area contributed by atoms with Crippen LogP contribution in [0, 0.1) is 16.7 Å². The van der Waals surface area contributed by atoms with Crippen LogP contribution >= 0.6 is 0 Å². The van der Waals surface area contributed by atoms with Gasteiger partial charge in [0.1, 0.15) is 0 Å². The summed E-state index contributed by atoms with van der Waals surface area (Å²) < 4.78 is 38.0. The van der Waals surface area contributed by atoms with Crippen LogP contribution in [0.1, 0.15) is 37.8 Å². The molecule has 0 atom stereocenters. The summed E-state index contributed by atoms with van der Waals surface area (Å²) in [6, 6.07) is 7.34. The van der Waals surface area contributed by atoms with Crippen molar-refractivity contribution in [1.82, 2.24) is 0 Å². The van der Waals surface area contributed by atoms with E-state index in [0.29, 0.717) is 18.4 Å². The lowest BCUT2D eigenvalue weighted by atomic mass is 9.52. The van der Waals surface area contributed by atoms with Crippen molar-refractivity contribution in [2.24, 2.45) is 5.41 Å². The fourth-order valence-corrected chi connectivity index (χ4v) is 2.92. The summed E-state index contributed by atoms with van der Waals surface area (Å²) in [5.41, 5.74) is -0.909. The molecule has 0 heterocycles. The van der Waals surface area contributed by atoms with Crippen molar-refractivity contribution >= 4 is 0 Å². The summed E-state index contributed by atoms with van der Waals surface area (Å²) in [6.07, 6.45) is -3.14. The number of halogens is 3. The second-order valence-electron chi connectivity index (χ2n) is 5.79. The van der Waals surface area contributed by atoms with Gasteiger partial charge in [0.2, 0.25) is 0 Å². The average Bonchev–Trinajstić information content (AvgIpc) is 2.24. The Morgan fingerprint density at radius 3 is 2.28 bits per heavy atom. The number of nitrogens with zero attached hydrogens (tertiary/aromatic N) is 1. The Morgan fingerprint density at radius 1 is 1.22 bits per heavy atom. The molecule has 1 nitrogen and oxygen atoms in total. The quantitative estimate of drug-likeness (QED) is 0.732. The first kappa shape index (κ1) is 12.9. The van der Waals surface area contributed by atoms with E-state index in [-0.39, 0.29) is 5.41 Å². The predicted molar refractivity (Wildman–Crippen MR) is 61.8 cm³/mol. The molecule has 0 aromatic heterocycles. The zero-order valence-corrected chi connectivity index (χ0v) is 10.3. The molecule has 1 aromatic carbocycles. The molecule has 0 spiro atoms. The Hall–Kier alpha value is -1.50. The first-order valence-corrected chi connectivity index (χ1v) is 5.78. The van der Waals surface area contributed by atoms with Gasteiger partial charge in [-0.25, -0.2) is 0 Å². The van der Waals surface area contributed by atoms with Crippen molar-refractivity contribution in [2.45, 2.75) is 38.3 Å². The molecule has 0 bridgehead atoms. The van der Waals surface area contributed by atoms with Crippen LogP contribution in [0.4, 0.5) is 13.2 Å². The van der Waals surface area contributed by atoms with Gasteiger partial charge < -0.3 is 0 Å². The lowest BCUT2D eigenvalue weighted by Crippen LogP contribution is -2.45. The maximum atomic E-state index is 12.7. The fraction of sp³-hybridized carbons (Fsp3) is 0.500. The summed E-state index contributed by atoms with van der Waals surface area (Å²) >= 11 is 0. The maximum Gasteiger partial charge on any atom is 0.416 e. The molecule has 1 fully saturated rings. The van der Waals surface area contributed by atoms with E-state index in [1.54, 1.807) is 6.07 Å². The SMILES string of the molecule is CC1(C)CC(C#N)(c2cccc(C(F)(F)F)c2)C1. The lowest BCUT2D eigenvalue weighted by molar-refractivity contribution is -0.137. The molecule has 18 heavy (non-hydrogen) atoms. The molecule has 1 aromatic rings. The third kappa shape index (κ3) is 2.10. The van der Waals surface area contributed by atoms with Gasteiger partial charge in [0.15, 0.2) is 0 Å². The standard InChI is InChI=1S/C14H14F3N/c1-12(2)7-13(8-12,9-18)10-4-3-5-11(6-10)14(15,16)17/h3-6H,7-8H2,1-2H3. The van der Waals surface area contributed by atoms with Crippen LogP contribution < -0.4 is 0 Å². The van der Waals surface area contributed by atoms with E-state index in [2.05, 4.69) is 6.07 Å². The largest absolute Gasteiger partial charge is 0.416 e. The van der Waals surface area contributed by atoms with E-state index in [0.717, 1.165) is 12.1 Å². The van der Waals surface area contributed by atoms with Crippen LogP contribution in [-0.4, -0.2) is 0 Å². The van der Waals surface area contributed by atoms with Gasteiger partial charge in [0.25, 0.3) is 0 Å². The van der Waals surface area contributed by atoms with Gasteiger partial charge in [0.05, 0.1) is 17.0 Å². The van der Waals surface area contributed by atoms with Gasteiger partial charge >= 0.3 is 6.18 Å². The van der Waals surface area contributed by atoms with Crippen LogP contribution in [0.2, 0.25) is 0 Å². The number of benzene rings is 1. The Labute approximate surface area is 104 Å². The zero-order valence-electron chi connectivity index (χ0n) is 10.3. The molecule has 1 aliphatic carbocycles. The second-order valence-corrected chi connectivity index (χ2v) is 5.79. The van der Waals surface area contributed by atoms with Crippen LogP contribution in [-0.2, 0) is 11.6 Å². The number of nitriles is 1. The minimum Gasteiger partial charge on any atom is -0.197 e. The molecule has 0 aliphatic heterocycles. The zero-order chi connectivity index (χ0) is 13.6. The van der Waals surface area contributed by atoms with Crippen LogP contribution in [0.25, 0.3) is 0 Å². The minimum atomic E-state index is -4.36. The molecular formula is C14H14F3N. The smallest absolute Gasteiger partial charge is 0.197 e. The van der Waals surface area contributed by atoms with Gasteiger partial charge in [0, 0.05) is 0 Å². The molecule has 4 heteroatoms. The molecule has 0 amide bonds. The normalized spacial score (nSPS) is 20.9. The van der Waals surface area contributed by atoms with E-state index >= 15 is 0 Å². The third-order valence-corrected chi connectivity index (χ3v) is 3.52. The van der Waals surface area contributed by atoms with Gasteiger partial charge in [-0.2, -0.15) is 18.4 Å². The number of rotatable bonds is 1. The molecule has 0 unspecified atom stereocenters. The van der Waals surface area contributed by atoms with Crippen molar-refractivity contribution in [3.8, 4) is 6.07 Å². The number of hydrogen-bond donors (Lipinski definition) is 0. The van der Waals surface area contributed by atoms with Crippen molar-refractivity contribution in [1.29, 1.82) is 5.26 Å². The van der Waals surface area contributed by atoms with E-state index in [1.807, 2.05) is 13.8 Å². The number of alkyl halides is 3. The molecule has 1 aliphatic rings. The summed E-state index contributed by atoms with van der Waals surface area (Å²) in [7, 11) is 0. The van der Waals surface area contributed by atoms with Crippen LogP contribution in [0.3, 0.4) is 0 Å². The molecule has 0 radical (unpaired) electrons. The van der Waals surface area contributed by atoms with Gasteiger partial charge in [-0.15, -0.1) is 0 Å². The first-order chi connectivity index (χ1) is 8.19. The molecular weight excluding hydrogens is 239 g/mol. The number of hydrogen-bond acceptors (Lipinski definition) is 1. The van der Waals surface area contributed by atoms with Gasteiger partial charge in [-0.3, -0.25) is 0 Å². The van der Waals surface area contributed by atoms with Crippen molar-refractivity contribution in [3.05, 3.63) is 35.4 Å². The summed E-state index contributed by atoms with van der Waals surface area (Å²) in [5, 5.41) is 9.28. The highest BCUT2D eigenvalue weighted by atomic mass is 19.4. The monoisotopic (exact) mass is 253 g/mol. The van der Waals surface area contributed by atoms with Gasteiger partial charge in [-0.05, 0) is 29.9 Å². The van der Waals surface area contributed by atoms with Crippen LogP contribution in [0.5, 0.6) is 0 Å². The highest BCUT2D eigenvalue weighted by Crippen LogP contribution is 2.55. The highest BCUT2D eigenvalue weighted by molar-refractivity contribution is 5.40. The predicted octanol–water partition coefficient (Wildman–Crippen LogP) is 4.29. The van der Waals surface area contributed by atoms with E-state index in [4.69, 9.17) is 0 Å². The summed E-state index contributed by atoms with van der Waals surface area (Å²) in [4.78, 5) is 0. The average molecular weight is 253 g/mol. The van der Waals surface area contributed by atoms with Crippen molar-refractivity contribution < 1.29 is 13.2 Å². The van der Waals surface area contributed by atoms with E-state index in [9.17, 15) is 18.4 Å². The highest BCUT2D eigenvalue weighted by Gasteiger charge is 2.51. The summed E-state index contributed by atoms with van der Waals surface area (Å²) in [6.45, 7) is 4.05. The fourth-order valence-electron chi connectivity index (χ4n) is 2.92. The van der Waals surface area contributed by atoms with Crippen molar-refractivity contribution in [3.63, 3.8) is 0 Å². The van der Waals surface area contributed by atoms with Crippen LogP contribution in [0.15, 0.2) is 24.3 Å². The Morgan fingerprint density at radius 2 is 1.83 bits per heavy atom. The maximum absolute atomic E-state index is 12.7. The minimum absolute atomic E-state index is 0.0317. The Balaban J connectivity index is 2.38. The Bertz CT molecular complexity index is 501. The van der Waals surface area contributed by atoms with E-state index < -0.39 is 17.2 Å². The van der Waals surface area contributed by atoms with Crippen molar-refractivity contribution in [2.75, 3.05) is 0 Å². The molecule has 1 saturated carbocycles. The molecule has 2 rings (SSSR count). The second kappa shape index (κ2) is 3.74. The Kier molecular flexibility index (Phi) is 2.69. The molecule has 0 N–H and O–H groups in total. The lowest BCUT2D eigenvalue weighted by Gasteiger charge is -2.49. The summed E-state index contributed by atoms with van der Waals surface area (Å²) in [5.74, 6) is 0. The topological polar surface area (TPSA) is 23.8 Å². The molecule has 96 valence electrons. The first-order valence-electron chi connectivity index (χ1n) is 5.78. The van der Waals surface area contributed by atoms with E-state index in [1.165, 1.54) is 6.07 Å². The van der Waals surface area contributed by atoms with Gasteiger partial charge in [-0.1, -0.05) is 32.0 Å².